The van der Waals surface area contributed by atoms with Crippen LogP contribution >= 0.6 is 11.8 Å². The summed E-state index contributed by atoms with van der Waals surface area (Å²) in [4.78, 5) is 33.5. The molecule has 0 radical (unpaired) electrons. The maximum atomic E-state index is 12.3. The molecule has 6 nitrogen and oxygen atoms in total. The topological polar surface area (TPSA) is 75.3 Å². The SMILES string of the molecule is CC(C)N1C(=O)S/C(=C\c2ccc(Oc3nc4ccccc4[nH]3)cc2)C1=O. The number of nitrogens with one attached hydrogen (secondary N) is 1. The van der Waals surface area contributed by atoms with Gasteiger partial charge in [-0.05, 0) is 61.5 Å². The highest BCUT2D eigenvalue weighted by atomic mass is 32.2. The van der Waals surface area contributed by atoms with Gasteiger partial charge in [-0.15, -0.1) is 0 Å². The number of aromatic nitrogens is 2. The number of thioether (sulfide) groups is 1. The molecule has 4 rings (SSSR count). The molecule has 2 aromatic carbocycles. The van der Waals surface area contributed by atoms with E-state index in [1.807, 2.05) is 50.2 Å². The van der Waals surface area contributed by atoms with Crippen LogP contribution in [-0.2, 0) is 4.79 Å². The number of fused-ring (bicyclic) bond motifs is 1. The largest absolute Gasteiger partial charge is 0.426 e. The maximum Gasteiger partial charge on any atom is 0.300 e. The zero-order valence-electron chi connectivity index (χ0n) is 14.8. The van der Waals surface area contributed by atoms with Gasteiger partial charge in [-0.3, -0.25) is 14.5 Å². The number of benzene rings is 2. The minimum atomic E-state index is -0.248. The summed E-state index contributed by atoms with van der Waals surface area (Å²) in [5.41, 5.74) is 2.57. The number of imide groups is 1. The van der Waals surface area contributed by atoms with Crippen LogP contribution in [0.3, 0.4) is 0 Å². The van der Waals surface area contributed by atoms with Crippen molar-refractivity contribution in [3.8, 4) is 11.8 Å². The molecule has 0 bridgehead atoms. The number of aromatic amines is 1. The smallest absolute Gasteiger partial charge is 0.300 e. The molecule has 1 N–H and O–H groups in total. The number of carbonyl (C=O) groups is 2. The minimum Gasteiger partial charge on any atom is -0.426 e. The Morgan fingerprint density at radius 2 is 1.85 bits per heavy atom. The van der Waals surface area contributed by atoms with Crippen molar-refractivity contribution in [1.29, 1.82) is 0 Å². The molecule has 1 saturated heterocycles. The van der Waals surface area contributed by atoms with Crippen molar-refractivity contribution < 1.29 is 14.3 Å². The molecule has 27 heavy (non-hydrogen) atoms. The normalized spacial score (nSPS) is 16.1. The molecule has 0 atom stereocenters. The Labute approximate surface area is 160 Å². The molecule has 0 aliphatic carbocycles. The standard InChI is InChI=1S/C20H17N3O3S/c1-12(2)23-18(24)17(27-20(23)25)11-13-7-9-14(10-8-13)26-19-21-15-5-3-4-6-16(15)22-19/h3-12H,1-2H3,(H,21,22)/b17-11-. The molecule has 2 heterocycles. The van der Waals surface area contributed by atoms with Crippen LogP contribution in [0.4, 0.5) is 4.79 Å². The zero-order valence-corrected chi connectivity index (χ0v) is 15.6. The van der Waals surface area contributed by atoms with Gasteiger partial charge in [0, 0.05) is 6.04 Å². The number of hydrogen-bond acceptors (Lipinski definition) is 5. The number of carbonyl (C=O) groups excluding carboxylic acids is 2. The van der Waals surface area contributed by atoms with Gasteiger partial charge in [0.25, 0.3) is 17.2 Å². The van der Waals surface area contributed by atoms with Crippen LogP contribution in [0.15, 0.2) is 53.4 Å². The predicted molar refractivity (Wildman–Crippen MR) is 106 cm³/mol. The van der Waals surface area contributed by atoms with Gasteiger partial charge in [0.2, 0.25) is 0 Å². The van der Waals surface area contributed by atoms with Crippen molar-refractivity contribution in [2.75, 3.05) is 0 Å². The van der Waals surface area contributed by atoms with E-state index in [4.69, 9.17) is 4.74 Å². The number of amides is 2. The first-order valence-electron chi connectivity index (χ1n) is 8.51. The van der Waals surface area contributed by atoms with Crippen LogP contribution in [0.5, 0.6) is 11.8 Å². The van der Waals surface area contributed by atoms with Gasteiger partial charge in [0.15, 0.2) is 0 Å². The Kier molecular flexibility index (Phi) is 4.45. The third-order valence-electron chi connectivity index (χ3n) is 4.10. The minimum absolute atomic E-state index is 0.150. The highest BCUT2D eigenvalue weighted by molar-refractivity contribution is 8.18. The second-order valence-electron chi connectivity index (χ2n) is 6.38. The summed E-state index contributed by atoms with van der Waals surface area (Å²) in [5, 5.41) is -0.230. The van der Waals surface area contributed by atoms with Gasteiger partial charge in [0.1, 0.15) is 5.75 Å². The summed E-state index contributed by atoms with van der Waals surface area (Å²) in [6, 6.07) is 15.2. The average molecular weight is 379 g/mol. The molecule has 1 aliphatic rings. The average Bonchev–Trinajstić information content (AvgIpc) is 3.16. The second kappa shape index (κ2) is 6.92. The van der Waals surface area contributed by atoms with Crippen molar-refractivity contribution in [1.82, 2.24) is 14.9 Å². The molecule has 1 fully saturated rings. The second-order valence-corrected chi connectivity index (χ2v) is 7.37. The molecule has 7 heteroatoms. The van der Waals surface area contributed by atoms with Crippen LogP contribution in [0, 0.1) is 0 Å². The van der Waals surface area contributed by atoms with Gasteiger partial charge in [0.05, 0.1) is 15.9 Å². The van der Waals surface area contributed by atoms with E-state index >= 15 is 0 Å². The van der Waals surface area contributed by atoms with Crippen LogP contribution in [0.2, 0.25) is 0 Å². The third kappa shape index (κ3) is 3.46. The third-order valence-corrected chi connectivity index (χ3v) is 4.98. The van der Waals surface area contributed by atoms with Gasteiger partial charge >= 0.3 is 0 Å². The van der Waals surface area contributed by atoms with E-state index in [-0.39, 0.29) is 17.2 Å². The van der Waals surface area contributed by atoms with Gasteiger partial charge in [-0.1, -0.05) is 24.3 Å². The summed E-state index contributed by atoms with van der Waals surface area (Å²) < 4.78 is 5.75. The van der Waals surface area contributed by atoms with E-state index in [1.165, 1.54) is 4.90 Å². The van der Waals surface area contributed by atoms with E-state index in [1.54, 1.807) is 18.2 Å². The fourth-order valence-electron chi connectivity index (χ4n) is 2.80. The lowest BCUT2D eigenvalue weighted by Gasteiger charge is -2.16. The first kappa shape index (κ1) is 17.4. The van der Waals surface area contributed by atoms with E-state index in [9.17, 15) is 9.59 Å². The Hall–Kier alpha value is -3.06. The lowest BCUT2D eigenvalue weighted by Crippen LogP contribution is -2.34. The van der Waals surface area contributed by atoms with Gasteiger partial charge in [-0.25, -0.2) is 0 Å². The molecule has 1 aliphatic heterocycles. The van der Waals surface area contributed by atoms with Crippen molar-refractivity contribution in [3.05, 3.63) is 59.0 Å². The molecular formula is C20H17N3O3S. The van der Waals surface area contributed by atoms with Crippen LogP contribution in [0.25, 0.3) is 17.1 Å². The van der Waals surface area contributed by atoms with Crippen molar-refractivity contribution in [2.24, 2.45) is 0 Å². The van der Waals surface area contributed by atoms with Crippen molar-refractivity contribution in [3.63, 3.8) is 0 Å². The number of ether oxygens (including phenoxy) is 1. The molecule has 136 valence electrons. The molecule has 0 saturated carbocycles. The number of rotatable bonds is 4. The molecule has 0 spiro atoms. The summed E-state index contributed by atoms with van der Waals surface area (Å²) in [6.07, 6.45) is 1.72. The highest BCUT2D eigenvalue weighted by Gasteiger charge is 2.36. The Morgan fingerprint density at radius 1 is 1.11 bits per heavy atom. The van der Waals surface area contributed by atoms with Crippen molar-refractivity contribution in [2.45, 2.75) is 19.9 Å². The summed E-state index contributed by atoms with van der Waals surface area (Å²) in [7, 11) is 0. The van der Waals surface area contributed by atoms with Gasteiger partial charge in [-0.2, -0.15) is 4.98 Å². The van der Waals surface area contributed by atoms with Crippen molar-refractivity contribution >= 4 is 40.0 Å². The lowest BCUT2D eigenvalue weighted by molar-refractivity contribution is -0.123. The zero-order chi connectivity index (χ0) is 19.0. The summed E-state index contributed by atoms with van der Waals surface area (Å²) in [5.74, 6) is 0.379. The number of para-hydroxylation sites is 2. The Balaban J connectivity index is 1.51. The molecular weight excluding hydrogens is 362 g/mol. The molecule has 2 amide bonds. The number of nitrogens with zero attached hydrogens (tertiary/aromatic N) is 2. The number of H-pyrrole nitrogens is 1. The predicted octanol–water partition coefficient (Wildman–Crippen LogP) is 4.80. The quantitative estimate of drug-likeness (QED) is 0.659. The summed E-state index contributed by atoms with van der Waals surface area (Å²) in [6.45, 7) is 3.65. The van der Waals surface area contributed by atoms with E-state index in [0.717, 1.165) is 28.4 Å². The van der Waals surface area contributed by atoms with E-state index < -0.39 is 0 Å². The van der Waals surface area contributed by atoms with E-state index in [2.05, 4.69) is 9.97 Å². The number of imidazole rings is 1. The molecule has 3 aromatic rings. The summed E-state index contributed by atoms with van der Waals surface area (Å²) >= 11 is 0.966. The fourth-order valence-corrected chi connectivity index (χ4v) is 3.76. The first-order chi connectivity index (χ1) is 13.0. The van der Waals surface area contributed by atoms with Crippen LogP contribution in [-0.4, -0.2) is 32.1 Å². The fraction of sp³-hybridized carbons (Fsp3) is 0.150. The van der Waals surface area contributed by atoms with Crippen LogP contribution < -0.4 is 4.74 Å². The molecule has 0 unspecified atom stereocenters. The Morgan fingerprint density at radius 3 is 2.52 bits per heavy atom. The molecule has 1 aromatic heterocycles. The maximum absolute atomic E-state index is 12.3. The number of hydrogen-bond donors (Lipinski definition) is 1. The van der Waals surface area contributed by atoms with Crippen LogP contribution in [0.1, 0.15) is 19.4 Å². The first-order valence-corrected chi connectivity index (χ1v) is 9.32. The highest BCUT2D eigenvalue weighted by Crippen LogP contribution is 2.33. The van der Waals surface area contributed by atoms with E-state index in [0.29, 0.717) is 16.7 Å². The van der Waals surface area contributed by atoms with Gasteiger partial charge < -0.3 is 9.72 Å². The Bertz CT molecular complexity index is 1020. The lowest BCUT2D eigenvalue weighted by atomic mass is 10.2. The monoisotopic (exact) mass is 379 g/mol.